The molecule has 0 saturated carbocycles. The van der Waals surface area contributed by atoms with Crippen molar-refractivity contribution in [2.24, 2.45) is 0 Å². The number of hydroxylamine groups is 1. The Morgan fingerprint density at radius 2 is 2.20 bits per heavy atom. The number of rotatable bonds is 3. The second-order valence-corrected chi connectivity index (χ2v) is 3.39. The second-order valence-electron chi connectivity index (χ2n) is 3.39. The van der Waals surface area contributed by atoms with E-state index in [4.69, 9.17) is 5.21 Å². The lowest BCUT2D eigenvalue weighted by atomic mass is 10.1. The molecule has 0 radical (unpaired) electrons. The van der Waals surface area contributed by atoms with Gasteiger partial charge in [-0.1, -0.05) is 18.2 Å². The molecule has 0 atom stereocenters. The van der Waals surface area contributed by atoms with Crippen molar-refractivity contribution in [2.75, 3.05) is 0 Å². The van der Waals surface area contributed by atoms with Gasteiger partial charge in [-0.3, -0.25) is 10.0 Å². The van der Waals surface area contributed by atoms with E-state index in [0.717, 1.165) is 16.5 Å². The Morgan fingerprint density at radius 1 is 1.40 bits per heavy atom. The third-order valence-electron chi connectivity index (χ3n) is 2.42. The van der Waals surface area contributed by atoms with Gasteiger partial charge in [-0.15, -0.1) is 0 Å². The summed E-state index contributed by atoms with van der Waals surface area (Å²) in [5.74, 6) is -0.361. The van der Waals surface area contributed by atoms with Gasteiger partial charge in [0.15, 0.2) is 0 Å². The molecule has 1 amide bonds. The molecule has 0 unspecified atom stereocenters. The van der Waals surface area contributed by atoms with Gasteiger partial charge in [-0.2, -0.15) is 0 Å². The van der Waals surface area contributed by atoms with E-state index in [1.807, 2.05) is 30.5 Å². The molecule has 0 aliphatic carbocycles. The maximum absolute atomic E-state index is 10.9. The van der Waals surface area contributed by atoms with Crippen molar-refractivity contribution in [2.45, 2.75) is 12.8 Å². The van der Waals surface area contributed by atoms with Gasteiger partial charge in [0.25, 0.3) is 0 Å². The van der Waals surface area contributed by atoms with E-state index < -0.39 is 0 Å². The topological polar surface area (TPSA) is 65.1 Å². The number of hydrogen-bond acceptors (Lipinski definition) is 2. The van der Waals surface area contributed by atoms with Crippen LogP contribution in [0.1, 0.15) is 12.0 Å². The molecule has 4 heteroatoms. The predicted octanol–water partition coefficient (Wildman–Crippen LogP) is 1.61. The normalized spacial score (nSPS) is 10.5. The van der Waals surface area contributed by atoms with Crippen LogP contribution in [0.2, 0.25) is 0 Å². The highest BCUT2D eigenvalue weighted by atomic mass is 16.5. The number of nitrogens with one attached hydrogen (secondary N) is 2. The van der Waals surface area contributed by atoms with Gasteiger partial charge in [0.1, 0.15) is 0 Å². The molecule has 0 aliphatic rings. The molecule has 1 heterocycles. The predicted molar refractivity (Wildman–Crippen MR) is 56.5 cm³/mol. The SMILES string of the molecule is O=C(CCc1c[nH]c2ccccc12)NO. The van der Waals surface area contributed by atoms with E-state index >= 15 is 0 Å². The standard InChI is InChI=1S/C11H12N2O2/c14-11(13-15)6-5-8-7-12-10-4-2-1-3-9(8)10/h1-4,7,12,15H,5-6H2,(H,13,14). The Balaban J connectivity index is 2.18. The van der Waals surface area contributed by atoms with Crippen LogP contribution in [-0.4, -0.2) is 16.1 Å². The van der Waals surface area contributed by atoms with Gasteiger partial charge in [0.2, 0.25) is 5.91 Å². The van der Waals surface area contributed by atoms with Crippen molar-refractivity contribution >= 4 is 16.8 Å². The molecule has 1 aromatic heterocycles. The summed E-state index contributed by atoms with van der Waals surface area (Å²) in [6, 6.07) is 7.93. The van der Waals surface area contributed by atoms with E-state index in [0.29, 0.717) is 12.8 Å². The number of carbonyl (C=O) groups excluding carboxylic acids is 1. The average Bonchev–Trinajstić information content (AvgIpc) is 2.69. The van der Waals surface area contributed by atoms with Crippen LogP contribution in [0.5, 0.6) is 0 Å². The van der Waals surface area contributed by atoms with Crippen molar-refractivity contribution in [1.82, 2.24) is 10.5 Å². The number of aryl methyl sites for hydroxylation is 1. The Kier molecular flexibility index (Phi) is 2.69. The number of aromatic nitrogens is 1. The zero-order chi connectivity index (χ0) is 10.7. The first kappa shape index (κ1) is 9.73. The van der Waals surface area contributed by atoms with Crippen LogP contribution in [0.25, 0.3) is 10.9 Å². The summed E-state index contributed by atoms with van der Waals surface area (Å²) >= 11 is 0. The fraction of sp³-hybridized carbons (Fsp3) is 0.182. The van der Waals surface area contributed by atoms with Crippen LogP contribution in [-0.2, 0) is 11.2 Å². The molecule has 0 fully saturated rings. The fourth-order valence-electron chi connectivity index (χ4n) is 1.64. The molecular weight excluding hydrogens is 192 g/mol. The molecule has 0 aliphatic heterocycles. The van der Waals surface area contributed by atoms with E-state index in [9.17, 15) is 4.79 Å². The van der Waals surface area contributed by atoms with Crippen molar-refractivity contribution < 1.29 is 10.0 Å². The Bertz CT molecular complexity index is 476. The summed E-state index contributed by atoms with van der Waals surface area (Å²) in [7, 11) is 0. The molecule has 1 aromatic carbocycles. The third-order valence-corrected chi connectivity index (χ3v) is 2.42. The Labute approximate surface area is 86.9 Å². The first-order chi connectivity index (χ1) is 7.31. The third kappa shape index (κ3) is 1.99. The van der Waals surface area contributed by atoms with Crippen LogP contribution in [0.3, 0.4) is 0 Å². The lowest BCUT2D eigenvalue weighted by Gasteiger charge is -1.98. The molecule has 2 aromatic rings. The first-order valence-electron chi connectivity index (χ1n) is 4.79. The van der Waals surface area contributed by atoms with Crippen molar-refractivity contribution in [3.8, 4) is 0 Å². The van der Waals surface area contributed by atoms with Crippen LogP contribution in [0, 0.1) is 0 Å². The maximum Gasteiger partial charge on any atom is 0.243 e. The summed E-state index contributed by atoms with van der Waals surface area (Å²) in [6.07, 6.45) is 2.81. The average molecular weight is 204 g/mol. The molecule has 2 rings (SSSR count). The van der Waals surface area contributed by atoms with Gasteiger partial charge in [0, 0.05) is 23.5 Å². The minimum absolute atomic E-state index is 0.290. The lowest BCUT2D eigenvalue weighted by Crippen LogP contribution is -2.18. The largest absolute Gasteiger partial charge is 0.361 e. The van der Waals surface area contributed by atoms with E-state index in [1.165, 1.54) is 0 Å². The Morgan fingerprint density at radius 3 is 3.00 bits per heavy atom. The molecule has 78 valence electrons. The lowest BCUT2D eigenvalue weighted by molar-refractivity contribution is -0.129. The molecule has 4 nitrogen and oxygen atoms in total. The number of fused-ring (bicyclic) bond motifs is 1. The highest BCUT2D eigenvalue weighted by Gasteiger charge is 2.05. The Hall–Kier alpha value is -1.81. The summed E-state index contributed by atoms with van der Waals surface area (Å²) in [5.41, 5.74) is 3.78. The van der Waals surface area contributed by atoms with Gasteiger partial charge >= 0.3 is 0 Å². The van der Waals surface area contributed by atoms with E-state index in [1.54, 1.807) is 5.48 Å². The number of aromatic amines is 1. The molecule has 0 bridgehead atoms. The maximum atomic E-state index is 10.9. The van der Waals surface area contributed by atoms with Crippen molar-refractivity contribution in [1.29, 1.82) is 0 Å². The highest BCUT2D eigenvalue weighted by Crippen LogP contribution is 2.18. The summed E-state index contributed by atoms with van der Waals surface area (Å²) in [6.45, 7) is 0. The monoisotopic (exact) mass is 204 g/mol. The van der Waals surface area contributed by atoms with Crippen molar-refractivity contribution in [3.63, 3.8) is 0 Å². The number of hydrogen-bond donors (Lipinski definition) is 3. The summed E-state index contributed by atoms with van der Waals surface area (Å²) in [5, 5.41) is 9.50. The number of para-hydroxylation sites is 1. The van der Waals surface area contributed by atoms with Gasteiger partial charge in [-0.25, -0.2) is 5.48 Å². The number of benzene rings is 1. The second kappa shape index (κ2) is 4.14. The quantitative estimate of drug-likeness (QED) is 0.525. The van der Waals surface area contributed by atoms with Crippen LogP contribution in [0.15, 0.2) is 30.5 Å². The molecule has 3 N–H and O–H groups in total. The van der Waals surface area contributed by atoms with Crippen LogP contribution in [0.4, 0.5) is 0 Å². The zero-order valence-electron chi connectivity index (χ0n) is 8.16. The fourth-order valence-corrected chi connectivity index (χ4v) is 1.64. The minimum atomic E-state index is -0.361. The number of carbonyl (C=O) groups is 1. The zero-order valence-corrected chi connectivity index (χ0v) is 8.16. The van der Waals surface area contributed by atoms with Crippen molar-refractivity contribution in [3.05, 3.63) is 36.0 Å². The van der Waals surface area contributed by atoms with E-state index in [-0.39, 0.29) is 5.91 Å². The summed E-state index contributed by atoms with van der Waals surface area (Å²) in [4.78, 5) is 14.0. The van der Waals surface area contributed by atoms with Gasteiger partial charge in [-0.05, 0) is 18.1 Å². The van der Waals surface area contributed by atoms with Gasteiger partial charge < -0.3 is 4.98 Å². The first-order valence-corrected chi connectivity index (χ1v) is 4.79. The van der Waals surface area contributed by atoms with Crippen LogP contribution >= 0.6 is 0 Å². The minimum Gasteiger partial charge on any atom is -0.361 e. The van der Waals surface area contributed by atoms with Gasteiger partial charge in [0.05, 0.1) is 0 Å². The van der Waals surface area contributed by atoms with Crippen LogP contribution < -0.4 is 5.48 Å². The van der Waals surface area contributed by atoms with E-state index in [2.05, 4.69) is 4.98 Å². The molecular formula is C11H12N2O2. The number of H-pyrrole nitrogens is 1. The number of amides is 1. The molecule has 0 saturated heterocycles. The highest BCUT2D eigenvalue weighted by molar-refractivity contribution is 5.84. The smallest absolute Gasteiger partial charge is 0.243 e. The molecule has 0 spiro atoms. The summed E-state index contributed by atoms with van der Waals surface area (Å²) < 4.78 is 0. The molecule has 15 heavy (non-hydrogen) atoms.